The first kappa shape index (κ1) is 19.8. The van der Waals surface area contributed by atoms with Gasteiger partial charge in [-0.1, -0.05) is 66.7 Å². The molecule has 0 N–H and O–H groups in total. The lowest BCUT2D eigenvalue weighted by Crippen LogP contribution is -2.23. The minimum Gasteiger partial charge on any atom is -0.207 e. The Morgan fingerprint density at radius 2 is 1.46 bits per heavy atom. The average Bonchev–Trinajstić information content (AvgIpc) is 2.66. The monoisotopic (exact) mass is 388 g/mol. The van der Waals surface area contributed by atoms with Gasteiger partial charge in [0.1, 0.15) is 11.6 Å². The molecule has 0 bridgehead atoms. The van der Waals surface area contributed by atoms with E-state index in [4.69, 9.17) is 0 Å². The second kappa shape index (κ2) is 8.38. The van der Waals surface area contributed by atoms with Gasteiger partial charge in [0.05, 0.1) is 5.92 Å². The third-order valence-electron chi connectivity index (χ3n) is 4.43. The molecule has 0 nitrogen and oxygen atoms in total. The van der Waals surface area contributed by atoms with Crippen molar-refractivity contribution in [2.75, 3.05) is 0 Å². The highest BCUT2D eigenvalue weighted by molar-refractivity contribution is 5.69. The summed E-state index contributed by atoms with van der Waals surface area (Å²) in [6.07, 6.45) is -1.66. The average molecular weight is 388 g/mol. The van der Waals surface area contributed by atoms with Crippen molar-refractivity contribution in [2.45, 2.75) is 18.5 Å². The molecule has 3 aromatic rings. The van der Waals surface area contributed by atoms with Crippen LogP contribution in [0.25, 0.3) is 12.2 Å². The fraction of sp³-hybridized carbons (Fsp3) is 0.130. The number of benzene rings is 3. The number of alkyl halides is 3. The molecule has 28 heavy (non-hydrogen) atoms. The van der Waals surface area contributed by atoms with Crippen LogP contribution >= 0.6 is 0 Å². The van der Waals surface area contributed by atoms with Crippen LogP contribution in [0.3, 0.4) is 0 Å². The predicted molar refractivity (Wildman–Crippen MR) is 101 cm³/mol. The van der Waals surface area contributed by atoms with E-state index in [1.807, 2.05) is 0 Å². The Labute approximate surface area is 160 Å². The normalized spacial score (nSPS) is 13.0. The van der Waals surface area contributed by atoms with Gasteiger partial charge in [0.25, 0.3) is 0 Å². The van der Waals surface area contributed by atoms with Crippen LogP contribution in [0.2, 0.25) is 0 Å². The molecule has 0 saturated carbocycles. The van der Waals surface area contributed by atoms with Crippen LogP contribution in [0.4, 0.5) is 22.0 Å². The fourth-order valence-corrected chi connectivity index (χ4v) is 2.94. The SMILES string of the molecule is Fc1ccc(C=Cc2ccc(C[C@H](c3ccccc3)C(F)(F)F)cc2F)cc1. The molecule has 1 atom stereocenters. The predicted octanol–water partition coefficient (Wildman–Crippen LogP) is 7.02. The summed E-state index contributed by atoms with van der Waals surface area (Å²) in [7, 11) is 0. The molecule has 0 radical (unpaired) electrons. The molecule has 0 fully saturated rings. The molecular formula is C23H17F5. The van der Waals surface area contributed by atoms with Gasteiger partial charge in [-0.2, -0.15) is 13.2 Å². The summed E-state index contributed by atoms with van der Waals surface area (Å²) in [6, 6.07) is 17.4. The van der Waals surface area contributed by atoms with E-state index < -0.39 is 17.9 Å². The molecule has 5 heteroatoms. The zero-order chi connectivity index (χ0) is 20.1. The fourth-order valence-electron chi connectivity index (χ4n) is 2.94. The van der Waals surface area contributed by atoms with Gasteiger partial charge >= 0.3 is 6.18 Å². The van der Waals surface area contributed by atoms with Crippen molar-refractivity contribution in [2.24, 2.45) is 0 Å². The molecule has 0 aliphatic heterocycles. The van der Waals surface area contributed by atoms with E-state index in [2.05, 4.69) is 0 Å². The van der Waals surface area contributed by atoms with E-state index >= 15 is 0 Å². The smallest absolute Gasteiger partial charge is 0.207 e. The van der Waals surface area contributed by atoms with Gasteiger partial charge in [-0.05, 0) is 41.3 Å². The third-order valence-corrected chi connectivity index (χ3v) is 4.43. The maximum absolute atomic E-state index is 14.4. The molecule has 0 heterocycles. The maximum atomic E-state index is 14.4. The Bertz CT molecular complexity index is 941. The Kier molecular flexibility index (Phi) is 5.93. The van der Waals surface area contributed by atoms with Crippen LogP contribution in [-0.4, -0.2) is 6.18 Å². The van der Waals surface area contributed by atoms with Crippen molar-refractivity contribution in [3.63, 3.8) is 0 Å². The second-order valence-corrected chi connectivity index (χ2v) is 6.45. The van der Waals surface area contributed by atoms with E-state index in [0.29, 0.717) is 5.56 Å². The van der Waals surface area contributed by atoms with Crippen LogP contribution < -0.4 is 0 Å². The standard InChI is InChI=1S/C23H17F5/c24-20-12-8-16(9-13-20)6-10-19-11-7-17(15-22(19)25)14-21(23(26,27)28)18-4-2-1-3-5-18/h1-13,15,21H,14H2/t21-/m1/s1. The Morgan fingerprint density at radius 1 is 0.786 bits per heavy atom. The molecule has 0 unspecified atom stereocenters. The lowest BCUT2D eigenvalue weighted by Gasteiger charge is -2.21. The second-order valence-electron chi connectivity index (χ2n) is 6.45. The van der Waals surface area contributed by atoms with E-state index in [0.717, 1.165) is 6.07 Å². The van der Waals surface area contributed by atoms with Gasteiger partial charge in [0.15, 0.2) is 0 Å². The Balaban J connectivity index is 1.80. The van der Waals surface area contributed by atoms with Crippen LogP contribution in [0.1, 0.15) is 28.2 Å². The van der Waals surface area contributed by atoms with Gasteiger partial charge in [-0.3, -0.25) is 0 Å². The highest BCUT2D eigenvalue weighted by Crippen LogP contribution is 2.37. The zero-order valence-electron chi connectivity index (χ0n) is 14.8. The van der Waals surface area contributed by atoms with Crippen LogP contribution in [0, 0.1) is 11.6 Å². The van der Waals surface area contributed by atoms with Crippen LogP contribution in [-0.2, 0) is 6.42 Å². The van der Waals surface area contributed by atoms with E-state index in [-0.39, 0.29) is 28.9 Å². The van der Waals surface area contributed by atoms with E-state index in [1.54, 1.807) is 36.4 Å². The Morgan fingerprint density at radius 3 is 2.07 bits per heavy atom. The highest BCUT2D eigenvalue weighted by Gasteiger charge is 2.40. The number of halogens is 5. The summed E-state index contributed by atoms with van der Waals surface area (Å²) in [5.41, 5.74) is 1.35. The topological polar surface area (TPSA) is 0 Å². The van der Waals surface area contributed by atoms with Gasteiger partial charge < -0.3 is 0 Å². The summed E-state index contributed by atoms with van der Waals surface area (Å²) >= 11 is 0. The number of rotatable bonds is 5. The molecule has 0 spiro atoms. The first-order valence-corrected chi connectivity index (χ1v) is 8.66. The largest absolute Gasteiger partial charge is 0.396 e. The maximum Gasteiger partial charge on any atom is 0.396 e. The minimum absolute atomic E-state index is 0.149. The number of hydrogen-bond acceptors (Lipinski definition) is 0. The first-order valence-electron chi connectivity index (χ1n) is 8.66. The lowest BCUT2D eigenvalue weighted by atomic mass is 9.91. The summed E-state index contributed by atoms with van der Waals surface area (Å²) in [6.45, 7) is 0. The van der Waals surface area contributed by atoms with Crippen molar-refractivity contribution < 1.29 is 22.0 Å². The molecule has 3 aromatic carbocycles. The summed E-state index contributed by atoms with van der Waals surface area (Å²) < 4.78 is 67.7. The number of hydrogen-bond donors (Lipinski definition) is 0. The summed E-state index contributed by atoms with van der Waals surface area (Å²) in [5, 5.41) is 0. The van der Waals surface area contributed by atoms with Crippen molar-refractivity contribution in [1.82, 2.24) is 0 Å². The molecule has 3 rings (SSSR count). The molecule has 0 saturated heterocycles. The molecular weight excluding hydrogens is 371 g/mol. The summed E-state index contributed by atoms with van der Waals surface area (Å²) in [4.78, 5) is 0. The van der Waals surface area contributed by atoms with Crippen LogP contribution in [0.15, 0.2) is 72.8 Å². The molecule has 0 amide bonds. The lowest BCUT2D eigenvalue weighted by molar-refractivity contribution is -0.150. The van der Waals surface area contributed by atoms with E-state index in [1.165, 1.54) is 42.5 Å². The quantitative estimate of drug-likeness (QED) is 0.325. The molecule has 0 aliphatic carbocycles. The van der Waals surface area contributed by atoms with Crippen molar-refractivity contribution >= 4 is 12.2 Å². The molecule has 0 aromatic heterocycles. The summed E-state index contributed by atoms with van der Waals surface area (Å²) in [5.74, 6) is -2.68. The van der Waals surface area contributed by atoms with Gasteiger partial charge in [-0.15, -0.1) is 0 Å². The molecule has 144 valence electrons. The van der Waals surface area contributed by atoms with Gasteiger partial charge in [0, 0.05) is 5.56 Å². The molecule has 0 aliphatic rings. The van der Waals surface area contributed by atoms with Crippen LogP contribution in [0.5, 0.6) is 0 Å². The Hall–Kier alpha value is -2.95. The van der Waals surface area contributed by atoms with Gasteiger partial charge in [-0.25, -0.2) is 8.78 Å². The van der Waals surface area contributed by atoms with Gasteiger partial charge in [0.2, 0.25) is 0 Å². The minimum atomic E-state index is -4.43. The van der Waals surface area contributed by atoms with Crippen molar-refractivity contribution in [3.05, 3.63) is 107 Å². The highest BCUT2D eigenvalue weighted by atomic mass is 19.4. The van der Waals surface area contributed by atoms with Crippen molar-refractivity contribution in [3.8, 4) is 0 Å². The third kappa shape index (κ3) is 5.06. The van der Waals surface area contributed by atoms with E-state index in [9.17, 15) is 22.0 Å². The van der Waals surface area contributed by atoms with Crippen molar-refractivity contribution in [1.29, 1.82) is 0 Å². The zero-order valence-corrected chi connectivity index (χ0v) is 14.8. The first-order chi connectivity index (χ1) is 13.3.